The van der Waals surface area contributed by atoms with Crippen LogP contribution in [-0.4, -0.2) is 16.8 Å². The lowest BCUT2D eigenvalue weighted by Gasteiger charge is -2.21. The van der Waals surface area contributed by atoms with Crippen LogP contribution in [-0.2, 0) is 0 Å². The van der Waals surface area contributed by atoms with E-state index in [-0.39, 0.29) is 5.25 Å². The van der Waals surface area contributed by atoms with E-state index < -0.39 is 6.10 Å². The fraction of sp³-hybridized carbons (Fsp3) is 0.158. The molecule has 2 aromatic carbocycles. The molecule has 2 heterocycles. The van der Waals surface area contributed by atoms with Crippen LogP contribution in [0.2, 0.25) is 5.02 Å². The lowest BCUT2D eigenvalue weighted by atomic mass is 10.0. The number of aliphatic hydroxyl groups is 1. The summed E-state index contributed by atoms with van der Waals surface area (Å²) >= 11 is 7.84. The fourth-order valence-corrected chi connectivity index (χ4v) is 4.46. The van der Waals surface area contributed by atoms with E-state index in [9.17, 15) is 5.11 Å². The van der Waals surface area contributed by atoms with Gasteiger partial charge >= 0.3 is 0 Å². The summed E-state index contributed by atoms with van der Waals surface area (Å²) in [6, 6.07) is 17.6. The van der Waals surface area contributed by atoms with Gasteiger partial charge in [-0.05, 0) is 48.0 Å². The molecule has 0 fully saturated rings. The summed E-state index contributed by atoms with van der Waals surface area (Å²) in [4.78, 5) is 1.09. The Morgan fingerprint density at radius 3 is 2.67 bits per heavy atom. The van der Waals surface area contributed by atoms with E-state index in [4.69, 9.17) is 16.3 Å². The molecule has 0 saturated carbocycles. The second-order valence-electron chi connectivity index (χ2n) is 5.67. The Kier molecular flexibility index (Phi) is 4.04. The molecule has 1 N–H and O–H groups in total. The Morgan fingerprint density at radius 1 is 1.12 bits per heavy atom. The number of benzene rings is 2. The van der Waals surface area contributed by atoms with Crippen molar-refractivity contribution in [2.75, 3.05) is 7.11 Å². The molecule has 0 bridgehead atoms. The van der Waals surface area contributed by atoms with E-state index in [0.29, 0.717) is 5.02 Å². The SMILES string of the molecule is COc1ccc([C@H]2Sc3ccc(Cl)cc3-n3cccc3[C@H]2O)cc1. The number of rotatable bonds is 2. The zero-order valence-corrected chi connectivity index (χ0v) is 14.6. The monoisotopic (exact) mass is 357 g/mol. The lowest BCUT2D eigenvalue weighted by molar-refractivity contribution is 0.169. The van der Waals surface area contributed by atoms with Crippen molar-refractivity contribution in [3.05, 3.63) is 77.1 Å². The minimum Gasteiger partial charge on any atom is -0.497 e. The summed E-state index contributed by atoms with van der Waals surface area (Å²) < 4.78 is 7.25. The third-order valence-electron chi connectivity index (χ3n) is 4.25. The molecular weight excluding hydrogens is 342 g/mol. The number of methoxy groups -OCH3 is 1. The molecule has 1 aromatic heterocycles. The average Bonchev–Trinajstić information content (AvgIpc) is 3.06. The highest BCUT2D eigenvalue weighted by molar-refractivity contribution is 7.99. The standard InChI is InChI=1S/C19H16ClNO2S/c1-23-14-7-4-12(5-8-14)19-18(22)15-3-2-10-21(15)16-11-13(20)6-9-17(16)24-19/h2-11,18-19,22H,1H3/t18-,19-/m1/s1. The minimum absolute atomic E-state index is 0.105. The van der Waals surface area contributed by atoms with Crippen LogP contribution in [0.3, 0.4) is 0 Å². The molecule has 24 heavy (non-hydrogen) atoms. The second kappa shape index (κ2) is 6.20. The first kappa shape index (κ1) is 15.6. The van der Waals surface area contributed by atoms with Crippen LogP contribution in [0.25, 0.3) is 5.69 Å². The molecule has 1 aliphatic rings. The Hall–Kier alpha value is -1.88. The number of hydrogen-bond acceptors (Lipinski definition) is 3. The highest BCUT2D eigenvalue weighted by Gasteiger charge is 2.31. The number of halogens is 1. The van der Waals surface area contributed by atoms with E-state index in [1.807, 2.05) is 65.4 Å². The van der Waals surface area contributed by atoms with Crippen molar-refractivity contribution < 1.29 is 9.84 Å². The third kappa shape index (κ3) is 2.61. The van der Waals surface area contributed by atoms with E-state index in [0.717, 1.165) is 27.6 Å². The molecular formula is C19H16ClNO2S. The summed E-state index contributed by atoms with van der Waals surface area (Å²) in [5.41, 5.74) is 2.93. The van der Waals surface area contributed by atoms with E-state index >= 15 is 0 Å². The largest absolute Gasteiger partial charge is 0.497 e. The van der Waals surface area contributed by atoms with Crippen LogP contribution in [0.4, 0.5) is 0 Å². The fourth-order valence-electron chi connectivity index (χ4n) is 3.03. The van der Waals surface area contributed by atoms with Crippen molar-refractivity contribution in [3.63, 3.8) is 0 Å². The van der Waals surface area contributed by atoms with Gasteiger partial charge in [0.05, 0.1) is 23.7 Å². The Balaban J connectivity index is 1.84. The molecule has 1 aliphatic heterocycles. The first-order valence-electron chi connectivity index (χ1n) is 7.63. The molecule has 122 valence electrons. The zero-order chi connectivity index (χ0) is 16.7. The first-order chi connectivity index (χ1) is 11.7. The number of ether oxygens (including phenoxy) is 1. The van der Waals surface area contributed by atoms with Gasteiger partial charge in [0.25, 0.3) is 0 Å². The van der Waals surface area contributed by atoms with Gasteiger partial charge in [0.15, 0.2) is 0 Å². The van der Waals surface area contributed by atoms with E-state index in [1.165, 1.54) is 0 Å². The van der Waals surface area contributed by atoms with Gasteiger partial charge in [-0.15, -0.1) is 11.8 Å². The predicted molar refractivity (Wildman–Crippen MR) is 97.3 cm³/mol. The summed E-state index contributed by atoms with van der Waals surface area (Å²) in [7, 11) is 1.65. The van der Waals surface area contributed by atoms with Gasteiger partial charge in [0.2, 0.25) is 0 Å². The van der Waals surface area contributed by atoms with E-state index in [1.54, 1.807) is 18.9 Å². The Morgan fingerprint density at radius 2 is 1.92 bits per heavy atom. The zero-order valence-electron chi connectivity index (χ0n) is 13.0. The van der Waals surface area contributed by atoms with Crippen molar-refractivity contribution in [1.82, 2.24) is 4.57 Å². The lowest BCUT2D eigenvalue weighted by Crippen LogP contribution is -2.09. The van der Waals surface area contributed by atoms with Crippen LogP contribution in [0.5, 0.6) is 5.75 Å². The molecule has 4 rings (SSSR count). The number of fused-ring (bicyclic) bond motifs is 3. The summed E-state index contributed by atoms with van der Waals surface area (Å²) in [5, 5.41) is 11.6. The topological polar surface area (TPSA) is 34.4 Å². The second-order valence-corrected chi connectivity index (χ2v) is 7.29. The minimum atomic E-state index is -0.621. The molecule has 3 aromatic rings. The maximum atomic E-state index is 11.0. The predicted octanol–water partition coefficient (Wildman–Crippen LogP) is 5.02. The Labute approximate surface area is 149 Å². The third-order valence-corrected chi connectivity index (χ3v) is 5.87. The molecule has 0 aliphatic carbocycles. The normalized spacial score (nSPS) is 19.3. The van der Waals surface area contributed by atoms with Crippen molar-refractivity contribution in [3.8, 4) is 11.4 Å². The number of hydrogen-bond donors (Lipinski definition) is 1. The van der Waals surface area contributed by atoms with Crippen LogP contribution >= 0.6 is 23.4 Å². The maximum Gasteiger partial charge on any atom is 0.118 e. The molecule has 0 radical (unpaired) electrons. The van der Waals surface area contributed by atoms with Crippen LogP contribution in [0, 0.1) is 0 Å². The molecule has 0 unspecified atom stereocenters. The molecule has 0 spiro atoms. The quantitative estimate of drug-likeness (QED) is 0.699. The van der Waals surface area contributed by atoms with Crippen LogP contribution in [0.1, 0.15) is 22.6 Å². The number of nitrogens with zero attached hydrogens (tertiary/aromatic N) is 1. The molecule has 3 nitrogen and oxygen atoms in total. The van der Waals surface area contributed by atoms with E-state index in [2.05, 4.69) is 0 Å². The van der Waals surface area contributed by atoms with Gasteiger partial charge in [0, 0.05) is 16.1 Å². The highest BCUT2D eigenvalue weighted by atomic mass is 35.5. The highest BCUT2D eigenvalue weighted by Crippen LogP contribution is 2.49. The summed E-state index contributed by atoms with van der Waals surface area (Å²) in [6.45, 7) is 0. The van der Waals surface area contributed by atoms with Gasteiger partial charge in [-0.3, -0.25) is 0 Å². The van der Waals surface area contributed by atoms with Crippen molar-refractivity contribution in [2.45, 2.75) is 16.2 Å². The number of aliphatic hydroxyl groups excluding tert-OH is 1. The molecule has 0 amide bonds. The molecule has 5 heteroatoms. The van der Waals surface area contributed by atoms with Crippen molar-refractivity contribution in [1.29, 1.82) is 0 Å². The van der Waals surface area contributed by atoms with Crippen molar-refractivity contribution in [2.24, 2.45) is 0 Å². The maximum absolute atomic E-state index is 11.0. The van der Waals surface area contributed by atoms with Gasteiger partial charge in [-0.25, -0.2) is 0 Å². The average molecular weight is 358 g/mol. The van der Waals surface area contributed by atoms with Crippen LogP contribution < -0.4 is 4.74 Å². The smallest absolute Gasteiger partial charge is 0.118 e. The van der Waals surface area contributed by atoms with Gasteiger partial charge in [-0.2, -0.15) is 0 Å². The number of thioether (sulfide) groups is 1. The summed E-state index contributed by atoms with van der Waals surface area (Å²) in [5.74, 6) is 0.808. The first-order valence-corrected chi connectivity index (χ1v) is 8.89. The Bertz CT molecular complexity index is 875. The van der Waals surface area contributed by atoms with Gasteiger partial charge in [0.1, 0.15) is 11.9 Å². The molecule has 2 atom stereocenters. The van der Waals surface area contributed by atoms with Crippen LogP contribution in [0.15, 0.2) is 65.7 Å². The van der Waals surface area contributed by atoms with Gasteiger partial charge < -0.3 is 14.4 Å². The van der Waals surface area contributed by atoms with Gasteiger partial charge in [-0.1, -0.05) is 23.7 Å². The number of aromatic nitrogens is 1. The molecule has 0 saturated heterocycles. The summed E-state index contributed by atoms with van der Waals surface area (Å²) in [6.07, 6.45) is 1.34. The van der Waals surface area contributed by atoms with Crippen molar-refractivity contribution >= 4 is 23.4 Å².